The van der Waals surface area contributed by atoms with Gasteiger partial charge in [-0.2, -0.15) is 4.98 Å². The number of aromatic nitrogens is 3. The molecule has 11 heteroatoms. The predicted octanol–water partition coefficient (Wildman–Crippen LogP) is 1.85. The van der Waals surface area contributed by atoms with Gasteiger partial charge in [-0.15, -0.1) is 0 Å². The van der Waals surface area contributed by atoms with Crippen LogP contribution in [0.4, 0.5) is 10.8 Å². The monoisotopic (exact) mass is 470 g/mol. The first-order valence-corrected chi connectivity index (χ1v) is 11.6. The van der Waals surface area contributed by atoms with Crippen molar-refractivity contribution in [3.05, 3.63) is 40.9 Å². The maximum atomic E-state index is 13.0. The topological polar surface area (TPSA) is 118 Å². The molecule has 3 heterocycles. The second-order valence-electron chi connectivity index (χ2n) is 7.79. The lowest BCUT2D eigenvalue weighted by Crippen LogP contribution is -2.43. The summed E-state index contributed by atoms with van der Waals surface area (Å²) in [5.74, 6) is 0.218. The second kappa shape index (κ2) is 9.99. The van der Waals surface area contributed by atoms with Gasteiger partial charge in [-0.05, 0) is 31.9 Å². The Kier molecular flexibility index (Phi) is 6.87. The highest BCUT2D eigenvalue weighted by Crippen LogP contribution is 2.29. The van der Waals surface area contributed by atoms with Crippen LogP contribution in [0.25, 0.3) is 10.3 Å². The minimum atomic E-state index is -0.350. The van der Waals surface area contributed by atoms with E-state index >= 15 is 0 Å². The number of carbonyl (C=O) groups is 2. The van der Waals surface area contributed by atoms with Crippen LogP contribution in [0.2, 0.25) is 0 Å². The van der Waals surface area contributed by atoms with Crippen LogP contribution in [0.3, 0.4) is 0 Å². The molecule has 2 aromatic heterocycles. The lowest BCUT2D eigenvalue weighted by molar-refractivity contribution is -0.125. The number of nitrogens with zero attached hydrogens (tertiary/aromatic N) is 4. The first kappa shape index (κ1) is 22.7. The molecule has 1 aromatic carbocycles. The SMILES string of the molecule is CCNC(=O)C1CCCN(c2nc3ncn(CC(=O)Nc4cccc(OC)c4)c(=O)c3s2)C1. The molecule has 0 saturated carbocycles. The third-order valence-corrected chi connectivity index (χ3v) is 6.55. The molecule has 0 radical (unpaired) electrons. The zero-order valence-corrected chi connectivity index (χ0v) is 19.4. The zero-order chi connectivity index (χ0) is 23.4. The molecule has 33 heavy (non-hydrogen) atoms. The molecule has 1 saturated heterocycles. The summed E-state index contributed by atoms with van der Waals surface area (Å²) in [4.78, 5) is 48.5. The van der Waals surface area contributed by atoms with Gasteiger partial charge >= 0.3 is 0 Å². The van der Waals surface area contributed by atoms with Gasteiger partial charge in [-0.25, -0.2) is 4.98 Å². The predicted molar refractivity (Wildman–Crippen MR) is 127 cm³/mol. The molecule has 1 fully saturated rings. The van der Waals surface area contributed by atoms with E-state index in [1.165, 1.54) is 22.2 Å². The fourth-order valence-electron chi connectivity index (χ4n) is 3.82. The fourth-order valence-corrected chi connectivity index (χ4v) is 4.83. The molecule has 1 atom stereocenters. The van der Waals surface area contributed by atoms with Crippen LogP contribution >= 0.6 is 11.3 Å². The van der Waals surface area contributed by atoms with Crippen molar-refractivity contribution in [3.63, 3.8) is 0 Å². The number of hydrogen-bond donors (Lipinski definition) is 2. The molecule has 0 aliphatic carbocycles. The maximum Gasteiger partial charge on any atom is 0.273 e. The van der Waals surface area contributed by atoms with E-state index in [0.29, 0.717) is 40.0 Å². The van der Waals surface area contributed by atoms with Gasteiger partial charge in [0.2, 0.25) is 11.8 Å². The van der Waals surface area contributed by atoms with Crippen molar-refractivity contribution in [2.24, 2.45) is 5.92 Å². The van der Waals surface area contributed by atoms with E-state index in [1.54, 1.807) is 31.4 Å². The second-order valence-corrected chi connectivity index (χ2v) is 8.76. The van der Waals surface area contributed by atoms with E-state index in [1.807, 2.05) is 11.8 Å². The molecule has 4 rings (SSSR count). The zero-order valence-electron chi connectivity index (χ0n) is 18.5. The molecular formula is C22H26N6O4S. The van der Waals surface area contributed by atoms with Gasteiger partial charge in [0.1, 0.15) is 23.3 Å². The summed E-state index contributed by atoms with van der Waals surface area (Å²) < 4.78 is 6.82. The van der Waals surface area contributed by atoms with E-state index in [-0.39, 0.29) is 29.8 Å². The number of methoxy groups -OCH3 is 1. The number of thiazole rings is 1. The van der Waals surface area contributed by atoms with Crippen LogP contribution in [0.5, 0.6) is 5.75 Å². The van der Waals surface area contributed by atoms with Crippen LogP contribution in [0.1, 0.15) is 19.8 Å². The van der Waals surface area contributed by atoms with Crippen molar-refractivity contribution in [3.8, 4) is 5.75 Å². The van der Waals surface area contributed by atoms with Crippen LogP contribution in [0, 0.1) is 5.92 Å². The largest absolute Gasteiger partial charge is 0.497 e. The molecule has 3 aromatic rings. The highest BCUT2D eigenvalue weighted by Gasteiger charge is 2.27. The van der Waals surface area contributed by atoms with Gasteiger partial charge in [0, 0.05) is 31.4 Å². The van der Waals surface area contributed by atoms with Crippen molar-refractivity contribution >= 4 is 44.3 Å². The van der Waals surface area contributed by atoms with E-state index in [2.05, 4.69) is 20.6 Å². The Morgan fingerprint density at radius 3 is 2.97 bits per heavy atom. The molecule has 0 bridgehead atoms. The first-order valence-electron chi connectivity index (χ1n) is 10.8. The molecule has 1 aliphatic heterocycles. The van der Waals surface area contributed by atoms with E-state index in [9.17, 15) is 14.4 Å². The Hall–Kier alpha value is -3.47. The first-order chi connectivity index (χ1) is 16.0. The number of benzene rings is 1. The maximum absolute atomic E-state index is 13.0. The number of carbonyl (C=O) groups excluding carboxylic acids is 2. The molecule has 0 spiro atoms. The molecule has 2 N–H and O–H groups in total. The molecule has 2 amide bonds. The van der Waals surface area contributed by atoms with E-state index in [0.717, 1.165) is 19.4 Å². The summed E-state index contributed by atoms with van der Waals surface area (Å²) in [6, 6.07) is 6.99. The van der Waals surface area contributed by atoms with Crippen LogP contribution < -0.4 is 25.8 Å². The number of nitrogens with one attached hydrogen (secondary N) is 2. The number of fused-ring (bicyclic) bond motifs is 1. The summed E-state index contributed by atoms with van der Waals surface area (Å²) in [5, 5.41) is 6.31. The normalized spacial score (nSPS) is 15.9. The number of ether oxygens (including phenoxy) is 1. The number of piperidine rings is 1. The van der Waals surface area contributed by atoms with Gasteiger partial charge in [-0.1, -0.05) is 17.4 Å². The van der Waals surface area contributed by atoms with Gasteiger partial charge in [0.15, 0.2) is 10.8 Å². The Balaban J connectivity index is 1.49. The highest BCUT2D eigenvalue weighted by atomic mass is 32.1. The average molecular weight is 471 g/mol. The van der Waals surface area contributed by atoms with Gasteiger partial charge in [0.05, 0.1) is 13.0 Å². The van der Waals surface area contributed by atoms with Crippen molar-refractivity contribution in [1.82, 2.24) is 19.9 Å². The number of amides is 2. The van der Waals surface area contributed by atoms with Crippen molar-refractivity contribution in [1.29, 1.82) is 0 Å². The van der Waals surface area contributed by atoms with Gasteiger partial charge < -0.3 is 20.3 Å². The van der Waals surface area contributed by atoms with Crippen molar-refractivity contribution in [2.45, 2.75) is 26.3 Å². The van der Waals surface area contributed by atoms with Crippen molar-refractivity contribution in [2.75, 3.05) is 37.0 Å². The summed E-state index contributed by atoms with van der Waals surface area (Å²) in [7, 11) is 1.55. The minimum absolute atomic E-state index is 0.0471. The van der Waals surface area contributed by atoms with Crippen LogP contribution in [-0.2, 0) is 16.1 Å². The lowest BCUT2D eigenvalue weighted by Gasteiger charge is -2.31. The Labute approximate surface area is 194 Å². The Morgan fingerprint density at radius 2 is 2.18 bits per heavy atom. The number of rotatable bonds is 7. The molecule has 10 nitrogen and oxygen atoms in total. The van der Waals surface area contributed by atoms with E-state index in [4.69, 9.17) is 4.74 Å². The van der Waals surface area contributed by atoms with Crippen LogP contribution in [0.15, 0.2) is 35.4 Å². The standard InChI is InChI=1S/C22H26N6O4S/c1-3-23-20(30)14-6-5-9-27(11-14)22-26-19-18(33-22)21(31)28(13-24-19)12-17(29)25-15-7-4-8-16(10-15)32-2/h4,7-8,10,13-14H,3,5-6,9,11-12H2,1-2H3,(H,23,30)(H,25,29). The number of hydrogen-bond acceptors (Lipinski definition) is 8. The fraction of sp³-hybridized carbons (Fsp3) is 0.409. The average Bonchev–Trinajstić information content (AvgIpc) is 3.26. The highest BCUT2D eigenvalue weighted by molar-refractivity contribution is 7.22. The summed E-state index contributed by atoms with van der Waals surface area (Å²) in [6.45, 7) is 3.66. The molecular weight excluding hydrogens is 444 g/mol. The molecule has 1 aliphatic rings. The number of anilines is 2. The van der Waals surface area contributed by atoms with Gasteiger partial charge in [0.25, 0.3) is 5.56 Å². The third kappa shape index (κ3) is 5.14. The summed E-state index contributed by atoms with van der Waals surface area (Å²) in [6.07, 6.45) is 3.05. The summed E-state index contributed by atoms with van der Waals surface area (Å²) >= 11 is 1.25. The smallest absolute Gasteiger partial charge is 0.273 e. The minimum Gasteiger partial charge on any atom is -0.497 e. The Morgan fingerprint density at radius 1 is 1.33 bits per heavy atom. The van der Waals surface area contributed by atoms with Crippen molar-refractivity contribution < 1.29 is 14.3 Å². The molecule has 174 valence electrons. The summed E-state index contributed by atoms with van der Waals surface area (Å²) in [5.41, 5.74) is 0.611. The van der Waals surface area contributed by atoms with E-state index < -0.39 is 0 Å². The van der Waals surface area contributed by atoms with Crippen LogP contribution in [-0.4, -0.2) is 53.1 Å². The molecule has 1 unspecified atom stereocenters. The lowest BCUT2D eigenvalue weighted by atomic mass is 9.97. The Bertz CT molecular complexity index is 1220. The van der Waals surface area contributed by atoms with Gasteiger partial charge in [-0.3, -0.25) is 19.0 Å². The quantitative estimate of drug-likeness (QED) is 0.541. The third-order valence-electron chi connectivity index (χ3n) is 5.45.